The Morgan fingerprint density at radius 2 is 2.12 bits per heavy atom. The summed E-state index contributed by atoms with van der Waals surface area (Å²) in [4.78, 5) is 20.0. The predicted octanol–water partition coefficient (Wildman–Crippen LogP) is 1.60. The van der Waals surface area contributed by atoms with Crippen LogP contribution in [0.5, 0.6) is 0 Å². The second kappa shape index (κ2) is 4.10. The number of pyridine rings is 2. The van der Waals surface area contributed by atoms with E-state index < -0.39 is 0 Å². The highest BCUT2D eigenvalue weighted by molar-refractivity contribution is 6.10. The monoisotopic (exact) mass is 213 g/mol. The van der Waals surface area contributed by atoms with Gasteiger partial charge in [-0.05, 0) is 30.7 Å². The molecule has 0 aromatic carbocycles. The van der Waals surface area contributed by atoms with Crippen molar-refractivity contribution in [3.8, 4) is 0 Å². The van der Waals surface area contributed by atoms with Gasteiger partial charge in [-0.2, -0.15) is 0 Å². The number of carbonyl (C=O) groups excluding carboxylic acids is 1. The molecule has 2 aromatic rings. The van der Waals surface area contributed by atoms with Crippen LogP contribution in [0.3, 0.4) is 0 Å². The number of nitrogens with two attached hydrogens (primary N) is 1. The van der Waals surface area contributed by atoms with Crippen molar-refractivity contribution in [2.75, 3.05) is 5.73 Å². The maximum absolute atomic E-state index is 12.0. The first kappa shape index (κ1) is 10.3. The van der Waals surface area contributed by atoms with Crippen molar-refractivity contribution in [3.05, 3.63) is 53.5 Å². The van der Waals surface area contributed by atoms with Crippen LogP contribution < -0.4 is 5.73 Å². The Hall–Kier alpha value is -2.23. The van der Waals surface area contributed by atoms with Crippen LogP contribution >= 0.6 is 0 Å². The Bertz CT molecular complexity index is 523. The lowest BCUT2D eigenvalue weighted by Gasteiger charge is -2.04. The quantitative estimate of drug-likeness (QED) is 0.769. The van der Waals surface area contributed by atoms with Crippen LogP contribution in [0, 0.1) is 6.92 Å². The van der Waals surface area contributed by atoms with Crippen LogP contribution in [-0.2, 0) is 0 Å². The standard InChI is InChI=1S/C12H11N3O/c1-8-6-9(12(13)15-7-8)11(16)10-4-2-3-5-14-10/h2-7H,1H3,(H2,13,15). The largest absolute Gasteiger partial charge is 0.383 e. The van der Waals surface area contributed by atoms with Gasteiger partial charge in [-0.1, -0.05) is 6.07 Å². The molecule has 0 fully saturated rings. The van der Waals surface area contributed by atoms with Crippen molar-refractivity contribution in [1.29, 1.82) is 0 Å². The Balaban J connectivity index is 2.46. The number of aryl methyl sites for hydroxylation is 1. The lowest BCUT2D eigenvalue weighted by molar-refractivity contribution is 0.103. The zero-order valence-electron chi connectivity index (χ0n) is 8.84. The number of hydrogen-bond acceptors (Lipinski definition) is 4. The van der Waals surface area contributed by atoms with Crippen molar-refractivity contribution in [1.82, 2.24) is 9.97 Å². The first-order valence-corrected chi connectivity index (χ1v) is 4.86. The van der Waals surface area contributed by atoms with Crippen molar-refractivity contribution >= 4 is 11.6 Å². The molecule has 2 aromatic heterocycles. The Labute approximate surface area is 93.2 Å². The molecule has 0 bridgehead atoms. The molecule has 0 saturated heterocycles. The molecule has 0 radical (unpaired) electrons. The van der Waals surface area contributed by atoms with E-state index in [1.807, 2.05) is 6.92 Å². The summed E-state index contributed by atoms with van der Waals surface area (Å²) in [5.74, 6) is 0.0375. The number of nitrogens with zero attached hydrogens (tertiary/aromatic N) is 2. The summed E-state index contributed by atoms with van der Waals surface area (Å²) in [6.45, 7) is 1.86. The van der Waals surface area contributed by atoms with E-state index in [0.29, 0.717) is 11.3 Å². The minimum absolute atomic E-state index is 0.200. The maximum atomic E-state index is 12.0. The third-order valence-corrected chi connectivity index (χ3v) is 2.20. The first-order chi connectivity index (χ1) is 7.68. The normalized spacial score (nSPS) is 10.1. The number of hydrogen-bond donors (Lipinski definition) is 1. The molecule has 2 N–H and O–H groups in total. The molecule has 0 spiro atoms. The van der Waals surface area contributed by atoms with E-state index in [2.05, 4.69) is 9.97 Å². The van der Waals surface area contributed by atoms with Gasteiger partial charge in [0.1, 0.15) is 11.5 Å². The number of anilines is 1. The molecule has 0 aliphatic carbocycles. The molecular weight excluding hydrogens is 202 g/mol. The van der Waals surface area contributed by atoms with Gasteiger partial charge in [0.05, 0.1) is 5.56 Å². The molecule has 0 aliphatic rings. The third-order valence-electron chi connectivity index (χ3n) is 2.20. The van der Waals surface area contributed by atoms with E-state index in [4.69, 9.17) is 5.73 Å². The molecule has 2 rings (SSSR count). The van der Waals surface area contributed by atoms with E-state index in [1.165, 1.54) is 0 Å². The van der Waals surface area contributed by atoms with Crippen LogP contribution in [0.25, 0.3) is 0 Å². The lowest BCUT2D eigenvalue weighted by atomic mass is 10.1. The number of rotatable bonds is 2. The van der Waals surface area contributed by atoms with Crippen LogP contribution in [0.15, 0.2) is 36.7 Å². The molecule has 4 nitrogen and oxygen atoms in total. The van der Waals surface area contributed by atoms with Crippen LogP contribution in [-0.4, -0.2) is 15.8 Å². The van der Waals surface area contributed by atoms with Crippen LogP contribution in [0.4, 0.5) is 5.82 Å². The maximum Gasteiger partial charge on any atom is 0.215 e. The van der Waals surface area contributed by atoms with E-state index in [9.17, 15) is 4.79 Å². The van der Waals surface area contributed by atoms with Crippen molar-refractivity contribution in [3.63, 3.8) is 0 Å². The zero-order valence-corrected chi connectivity index (χ0v) is 8.84. The minimum Gasteiger partial charge on any atom is -0.383 e. The summed E-state index contributed by atoms with van der Waals surface area (Å²) in [7, 11) is 0. The lowest BCUT2D eigenvalue weighted by Crippen LogP contribution is -2.08. The van der Waals surface area contributed by atoms with Crippen molar-refractivity contribution in [2.45, 2.75) is 6.92 Å². The Morgan fingerprint density at radius 3 is 2.81 bits per heavy atom. The second-order valence-electron chi connectivity index (χ2n) is 3.49. The fourth-order valence-electron chi connectivity index (χ4n) is 1.40. The highest BCUT2D eigenvalue weighted by atomic mass is 16.1. The molecule has 80 valence electrons. The Kier molecular flexibility index (Phi) is 2.64. The smallest absolute Gasteiger partial charge is 0.215 e. The van der Waals surface area contributed by atoms with Gasteiger partial charge in [0, 0.05) is 12.4 Å². The number of carbonyl (C=O) groups is 1. The van der Waals surface area contributed by atoms with Gasteiger partial charge >= 0.3 is 0 Å². The zero-order chi connectivity index (χ0) is 11.5. The first-order valence-electron chi connectivity index (χ1n) is 4.86. The summed E-state index contributed by atoms with van der Waals surface area (Å²) in [6.07, 6.45) is 3.21. The molecular formula is C12H11N3O. The predicted molar refractivity (Wildman–Crippen MR) is 61.1 cm³/mol. The number of ketones is 1. The molecule has 4 heteroatoms. The molecule has 0 unspecified atom stereocenters. The summed E-state index contributed by atoms with van der Waals surface area (Å²) < 4.78 is 0. The van der Waals surface area contributed by atoms with Gasteiger partial charge in [0.15, 0.2) is 0 Å². The van der Waals surface area contributed by atoms with E-state index >= 15 is 0 Å². The van der Waals surface area contributed by atoms with Crippen molar-refractivity contribution in [2.24, 2.45) is 0 Å². The minimum atomic E-state index is -0.200. The summed E-state index contributed by atoms with van der Waals surface area (Å²) in [5, 5.41) is 0. The van der Waals surface area contributed by atoms with Gasteiger partial charge in [0.2, 0.25) is 5.78 Å². The van der Waals surface area contributed by atoms with Gasteiger partial charge in [0.25, 0.3) is 0 Å². The molecule has 16 heavy (non-hydrogen) atoms. The molecule has 0 atom stereocenters. The summed E-state index contributed by atoms with van der Waals surface area (Å²) >= 11 is 0. The van der Waals surface area contributed by atoms with Crippen LogP contribution in [0.2, 0.25) is 0 Å². The number of aromatic nitrogens is 2. The number of nitrogen functional groups attached to an aromatic ring is 1. The van der Waals surface area contributed by atoms with Gasteiger partial charge in [-0.25, -0.2) is 4.98 Å². The van der Waals surface area contributed by atoms with Crippen molar-refractivity contribution < 1.29 is 4.79 Å². The summed E-state index contributed by atoms with van der Waals surface area (Å²) in [6, 6.07) is 6.90. The highest BCUT2D eigenvalue weighted by Crippen LogP contribution is 2.14. The third kappa shape index (κ3) is 1.91. The van der Waals surface area contributed by atoms with Gasteiger partial charge in [-0.3, -0.25) is 9.78 Å². The fourth-order valence-corrected chi connectivity index (χ4v) is 1.40. The van der Waals surface area contributed by atoms with E-state index in [0.717, 1.165) is 5.56 Å². The molecule has 0 aliphatic heterocycles. The average molecular weight is 213 g/mol. The molecule has 0 amide bonds. The SMILES string of the molecule is Cc1cnc(N)c(C(=O)c2ccccn2)c1. The molecule has 0 saturated carbocycles. The fraction of sp³-hybridized carbons (Fsp3) is 0.0833. The van der Waals surface area contributed by atoms with E-state index in [-0.39, 0.29) is 11.6 Å². The topological polar surface area (TPSA) is 68.9 Å². The Morgan fingerprint density at radius 1 is 1.31 bits per heavy atom. The van der Waals surface area contributed by atoms with Gasteiger partial charge < -0.3 is 5.73 Å². The highest BCUT2D eigenvalue weighted by Gasteiger charge is 2.14. The average Bonchev–Trinajstić information content (AvgIpc) is 2.32. The second-order valence-corrected chi connectivity index (χ2v) is 3.49. The summed E-state index contributed by atoms with van der Waals surface area (Å²) in [5.41, 5.74) is 7.34. The van der Waals surface area contributed by atoms with E-state index in [1.54, 1.807) is 36.7 Å². The van der Waals surface area contributed by atoms with Gasteiger partial charge in [-0.15, -0.1) is 0 Å². The molecule has 2 heterocycles. The van der Waals surface area contributed by atoms with Crippen LogP contribution in [0.1, 0.15) is 21.6 Å².